The lowest BCUT2D eigenvalue weighted by molar-refractivity contribution is 0.100. The number of aromatic nitrogens is 3. The molecule has 2 aromatic carbocycles. The molecule has 0 aliphatic rings. The van der Waals surface area contributed by atoms with E-state index in [0.29, 0.717) is 22.8 Å². The Balaban J connectivity index is 2.07. The fraction of sp³-hybridized carbons (Fsp3) is 0.150. The number of benzene rings is 2. The second-order valence-corrected chi connectivity index (χ2v) is 6.41. The van der Waals surface area contributed by atoms with Gasteiger partial charge in [-0.1, -0.05) is 30.3 Å². The van der Waals surface area contributed by atoms with Gasteiger partial charge in [-0.3, -0.25) is 4.79 Å². The van der Waals surface area contributed by atoms with Gasteiger partial charge in [0.1, 0.15) is 17.2 Å². The number of aromatic amines is 1. The number of primary amides is 1. The number of imidazole rings is 1. The molecular weight excluding hydrogens is 342 g/mol. The average molecular weight is 361 g/mol. The minimum Gasteiger partial charge on any atom is -0.480 e. The van der Waals surface area contributed by atoms with Crippen LogP contribution in [0.15, 0.2) is 42.5 Å². The molecule has 0 spiro atoms. The quantitative estimate of drug-likeness (QED) is 0.582. The van der Waals surface area contributed by atoms with E-state index in [9.17, 15) is 4.79 Å². The molecule has 4 aromatic rings. The van der Waals surface area contributed by atoms with Gasteiger partial charge in [-0.25, -0.2) is 4.98 Å². The molecule has 4 rings (SSSR count). The highest BCUT2D eigenvalue weighted by Crippen LogP contribution is 2.39. The molecule has 0 saturated carbocycles. The van der Waals surface area contributed by atoms with Crippen molar-refractivity contribution in [1.82, 2.24) is 15.0 Å². The van der Waals surface area contributed by atoms with Crippen LogP contribution in [0, 0.1) is 0 Å². The molecule has 0 saturated heterocycles. The van der Waals surface area contributed by atoms with Crippen molar-refractivity contribution in [3.8, 4) is 17.3 Å². The molecule has 27 heavy (non-hydrogen) atoms. The molecule has 1 amide bonds. The molecular formula is C20H19N5O2. The lowest BCUT2D eigenvalue weighted by atomic mass is 10.1. The van der Waals surface area contributed by atoms with Crippen LogP contribution in [0.3, 0.4) is 0 Å². The number of methoxy groups -OCH3 is 1. The van der Waals surface area contributed by atoms with Crippen molar-refractivity contribution < 1.29 is 9.53 Å². The van der Waals surface area contributed by atoms with Crippen molar-refractivity contribution in [3.05, 3.63) is 48.0 Å². The first-order valence-corrected chi connectivity index (χ1v) is 8.44. The first kappa shape index (κ1) is 16.8. The number of fused-ring (bicyclic) bond motifs is 2. The predicted molar refractivity (Wildman–Crippen MR) is 106 cm³/mol. The Kier molecular flexibility index (Phi) is 3.92. The zero-order valence-electron chi connectivity index (χ0n) is 15.3. The SMILES string of the molecule is COc1nc(N(C)C)c2ccccc2c1-c1nc2c(C(N)=O)cccc2[nH]1. The highest BCUT2D eigenvalue weighted by molar-refractivity contribution is 6.07. The van der Waals surface area contributed by atoms with Crippen molar-refractivity contribution >= 4 is 33.5 Å². The van der Waals surface area contributed by atoms with Gasteiger partial charge in [0, 0.05) is 24.9 Å². The monoisotopic (exact) mass is 361 g/mol. The van der Waals surface area contributed by atoms with Gasteiger partial charge >= 0.3 is 0 Å². The maximum atomic E-state index is 11.7. The Labute approximate surface area is 155 Å². The molecule has 7 nitrogen and oxygen atoms in total. The molecule has 2 heterocycles. The number of hydrogen-bond acceptors (Lipinski definition) is 5. The summed E-state index contributed by atoms with van der Waals surface area (Å²) in [6.07, 6.45) is 0. The highest BCUT2D eigenvalue weighted by atomic mass is 16.5. The maximum Gasteiger partial charge on any atom is 0.250 e. The Morgan fingerprint density at radius 3 is 2.48 bits per heavy atom. The van der Waals surface area contributed by atoms with Crippen LogP contribution in [0.1, 0.15) is 10.4 Å². The van der Waals surface area contributed by atoms with Crippen LogP contribution in [0.2, 0.25) is 0 Å². The van der Waals surface area contributed by atoms with Crippen molar-refractivity contribution in [2.75, 3.05) is 26.1 Å². The van der Waals surface area contributed by atoms with Gasteiger partial charge in [0.05, 0.1) is 23.8 Å². The molecule has 0 unspecified atom stereocenters. The third-order valence-corrected chi connectivity index (χ3v) is 4.49. The average Bonchev–Trinajstić information content (AvgIpc) is 3.09. The van der Waals surface area contributed by atoms with Crippen LogP contribution in [0.4, 0.5) is 5.82 Å². The van der Waals surface area contributed by atoms with E-state index in [1.54, 1.807) is 19.2 Å². The van der Waals surface area contributed by atoms with E-state index >= 15 is 0 Å². The normalized spacial score (nSPS) is 11.1. The Morgan fingerprint density at radius 2 is 1.81 bits per heavy atom. The molecule has 0 fully saturated rings. The van der Waals surface area contributed by atoms with Crippen LogP contribution < -0.4 is 15.4 Å². The van der Waals surface area contributed by atoms with Crippen molar-refractivity contribution in [2.24, 2.45) is 5.73 Å². The van der Waals surface area contributed by atoms with Crippen molar-refractivity contribution in [3.63, 3.8) is 0 Å². The fourth-order valence-corrected chi connectivity index (χ4v) is 3.29. The summed E-state index contributed by atoms with van der Waals surface area (Å²) in [6, 6.07) is 13.2. The molecule has 0 bridgehead atoms. The zero-order chi connectivity index (χ0) is 19.1. The van der Waals surface area contributed by atoms with E-state index in [1.165, 1.54) is 0 Å². The third kappa shape index (κ3) is 2.64. The number of hydrogen-bond donors (Lipinski definition) is 2. The Hall–Kier alpha value is -3.61. The number of para-hydroxylation sites is 1. The number of anilines is 1. The number of ether oxygens (including phenoxy) is 1. The minimum absolute atomic E-state index is 0.371. The first-order valence-electron chi connectivity index (χ1n) is 8.44. The number of carbonyl (C=O) groups excluding carboxylic acids is 1. The van der Waals surface area contributed by atoms with Crippen LogP contribution in [-0.4, -0.2) is 42.1 Å². The van der Waals surface area contributed by atoms with Gasteiger partial charge in [0.2, 0.25) is 5.88 Å². The number of nitrogens with zero attached hydrogens (tertiary/aromatic N) is 3. The molecule has 0 radical (unpaired) electrons. The maximum absolute atomic E-state index is 11.7. The molecule has 0 atom stereocenters. The number of carbonyl (C=O) groups is 1. The van der Waals surface area contributed by atoms with E-state index in [0.717, 1.165) is 27.7 Å². The van der Waals surface area contributed by atoms with Gasteiger partial charge in [0.25, 0.3) is 5.91 Å². The molecule has 3 N–H and O–H groups in total. The number of nitrogens with two attached hydrogens (primary N) is 1. The van der Waals surface area contributed by atoms with Crippen LogP contribution in [0.25, 0.3) is 33.2 Å². The molecule has 0 aliphatic heterocycles. The smallest absolute Gasteiger partial charge is 0.250 e. The highest BCUT2D eigenvalue weighted by Gasteiger charge is 2.21. The summed E-state index contributed by atoms with van der Waals surface area (Å²) in [7, 11) is 5.46. The second-order valence-electron chi connectivity index (χ2n) is 6.41. The predicted octanol–water partition coefficient (Wildman–Crippen LogP) is 2.95. The lowest BCUT2D eigenvalue weighted by Crippen LogP contribution is -2.12. The van der Waals surface area contributed by atoms with E-state index in [-0.39, 0.29) is 0 Å². The minimum atomic E-state index is -0.517. The van der Waals surface area contributed by atoms with Crippen molar-refractivity contribution in [1.29, 1.82) is 0 Å². The molecule has 0 aliphatic carbocycles. The summed E-state index contributed by atoms with van der Waals surface area (Å²) in [6.45, 7) is 0. The first-order chi connectivity index (χ1) is 13.0. The van der Waals surface area contributed by atoms with Crippen LogP contribution in [0.5, 0.6) is 5.88 Å². The third-order valence-electron chi connectivity index (χ3n) is 4.49. The van der Waals surface area contributed by atoms with Crippen LogP contribution in [-0.2, 0) is 0 Å². The summed E-state index contributed by atoms with van der Waals surface area (Å²) in [5.74, 6) is 1.32. The second kappa shape index (κ2) is 6.28. The van der Waals surface area contributed by atoms with E-state index in [1.807, 2.05) is 49.3 Å². The number of amides is 1. The standard InChI is InChI=1S/C20H19N5O2/c1-25(2)19-12-8-5-4-7-11(12)15(20(24-19)27-3)18-22-14-10-6-9-13(17(21)26)16(14)23-18/h4-10H,1-3H3,(H2,21,26)(H,22,23). The summed E-state index contributed by atoms with van der Waals surface area (Å²) in [5, 5.41) is 1.93. The zero-order valence-corrected chi connectivity index (χ0v) is 15.3. The number of nitrogens with one attached hydrogen (secondary N) is 1. The number of pyridine rings is 1. The largest absolute Gasteiger partial charge is 0.480 e. The molecule has 7 heteroatoms. The Morgan fingerprint density at radius 1 is 1.07 bits per heavy atom. The summed E-state index contributed by atoms with van der Waals surface area (Å²) in [5.41, 5.74) is 7.86. The fourth-order valence-electron chi connectivity index (χ4n) is 3.29. The van der Waals surface area contributed by atoms with E-state index in [4.69, 9.17) is 10.5 Å². The van der Waals surface area contributed by atoms with Gasteiger partial charge in [-0.15, -0.1) is 0 Å². The van der Waals surface area contributed by atoms with Crippen molar-refractivity contribution in [2.45, 2.75) is 0 Å². The summed E-state index contributed by atoms with van der Waals surface area (Å²) < 4.78 is 5.58. The lowest BCUT2D eigenvalue weighted by Gasteiger charge is -2.18. The summed E-state index contributed by atoms with van der Waals surface area (Å²) >= 11 is 0. The van der Waals surface area contributed by atoms with Crippen LogP contribution >= 0.6 is 0 Å². The topological polar surface area (TPSA) is 97.1 Å². The molecule has 2 aromatic heterocycles. The number of rotatable bonds is 4. The number of H-pyrrole nitrogens is 1. The van der Waals surface area contributed by atoms with Gasteiger partial charge < -0.3 is 20.4 Å². The molecule has 136 valence electrons. The van der Waals surface area contributed by atoms with Gasteiger partial charge in [0.15, 0.2) is 0 Å². The van der Waals surface area contributed by atoms with Gasteiger partial charge in [-0.2, -0.15) is 4.98 Å². The van der Waals surface area contributed by atoms with Gasteiger partial charge in [-0.05, 0) is 12.1 Å². The summed E-state index contributed by atoms with van der Waals surface area (Å²) in [4.78, 5) is 26.3. The van der Waals surface area contributed by atoms with E-state index in [2.05, 4.69) is 15.0 Å². The van der Waals surface area contributed by atoms with E-state index < -0.39 is 5.91 Å². The Bertz CT molecular complexity index is 1180.